The number of thiocarbonyl (C=S) groups is 1. The average molecular weight is 364 g/mol. The summed E-state index contributed by atoms with van der Waals surface area (Å²) in [5, 5.41) is 0. The zero-order valence-electron chi connectivity index (χ0n) is 13.7. The van der Waals surface area contributed by atoms with E-state index in [9.17, 15) is 9.59 Å². The second-order valence-corrected chi connectivity index (χ2v) is 7.81. The van der Waals surface area contributed by atoms with Crippen LogP contribution in [0.4, 0.5) is 0 Å². The molecule has 1 aromatic carbocycles. The number of fused-ring (bicyclic) bond motifs is 1. The summed E-state index contributed by atoms with van der Waals surface area (Å²) in [6.45, 7) is 6.00. The van der Waals surface area contributed by atoms with Gasteiger partial charge in [-0.2, -0.15) is 0 Å². The molecule has 2 heterocycles. The van der Waals surface area contributed by atoms with Crippen LogP contribution in [0.3, 0.4) is 0 Å². The molecule has 0 saturated carbocycles. The summed E-state index contributed by atoms with van der Waals surface area (Å²) in [5.74, 6) is 0.177. The van der Waals surface area contributed by atoms with E-state index in [2.05, 4.69) is 4.90 Å². The Labute approximate surface area is 151 Å². The van der Waals surface area contributed by atoms with E-state index in [4.69, 9.17) is 17.0 Å². The van der Waals surface area contributed by atoms with E-state index in [1.54, 1.807) is 24.3 Å². The van der Waals surface area contributed by atoms with Gasteiger partial charge in [-0.15, -0.1) is 0 Å². The van der Waals surface area contributed by atoms with E-state index >= 15 is 0 Å². The van der Waals surface area contributed by atoms with E-state index in [1.165, 1.54) is 16.7 Å². The van der Waals surface area contributed by atoms with Crippen molar-refractivity contribution in [3.05, 3.63) is 35.4 Å². The molecule has 2 aliphatic heterocycles. The topological polar surface area (TPSA) is 49.9 Å². The first-order chi connectivity index (χ1) is 11.5. The lowest BCUT2D eigenvalue weighted by molar-refractivity contribution is -0.0465. The van der Waals surface area contributed by atoms with E-state index < -0.39 is 0 Å². The highest BCUT2D eigenvalue weighted by molar-refractivity contribution is 8.22. The van der Waals surface area contributed by atoms with Crippen LogP contribution in [0.15, 0.2) is 24.3 Å². The van der Waals surface area contributed by atoms with Crippen LogP contribution < -0.4 is 0 Å². The lowest BCUT2D eigenvalue weighted by atomic mass is 10.1. The van der Waals surface area contributed by atoms with Crippen molar-refractivity contribution >= 4 is 40.1 Å². The summed E-state index contributed by atoms with van der Waals surface area (Å²) in [6, 6.07) is 6.95. The van der Waals surface area contributed by atoms with Gasteiger partial charge in [-0.1, -0.05) is 36.1 Å². The van der Waals surface area contributed by atoms with Gasteiger partial charge in [0.15, 0.2) is 0 Å². The van der Waals surface area contributed by atoms with E-state index in [-0.39, 0.29) is 24.0 Å². The van der Waals surface area contributed by atoms with Gasteiger partial charge in [0.1, 0.15) is 4.32 Å². The molecule has 2 amide bonds. The molecule has 2 aliphatic rings. The molecule has 128 valence electrons. The van der Waals surface area contributed by atoms with Crippen molar-refractivity contribution in [3.8, 4) is 0 Å². The maximum absolute atomic E-state index is 12.3. The number of carbonyl (C=O) groups is 2. The molecule has 7 heteroatoms. The number of morpholine rings is 1. The average Bonchev–Trinajstić information content (AvgIpc) is 2.79. The molecule has 2 unspecified atom stereocenters. The molecular weight excluding hydrogens is 344 g/mol. The Morgan fingerprint density at radius 1 is 1.17 bits per heavy atom. The van der Waals surface area contributed by atoms with Crippen LogP contribution in [0.1, 0.15) is 34.6 Å². The van der Waals surface area contributed by atoms with E-state index in [1.807, 2.05) is 13.8 Å². The van der Waals surface area contributed by atoms with E-state index in [0.29, 0.717) is 23.4 Å². The van der Waals surface area contributed by atoms with Gasteiger partial charge in [-0.3, -0.25) is 14.5 Å². The number of hydrogen-bond acceptors (Lipinski definition) is 5. The number of imide groups is 1. The zero-order chi connectivity index (χ0) is 17.3. The Hall–Kier alpha value is -1.44. The Balaban J connectivity index is 1.53. The molecular formula is C17H20N2O3S2. The van der Waals surface area contributed by atoms with Gasteiger partial charge in [0, 0.05) is 25.4 Å². The van der Waals surface area contributed by atoms with Crippen LogP contribution in [-0.2, 0) is 4.74 Å². The predicted octanol–water partition coefficient (Wildman–Crippen LogP) is 2.41. The molecule has 1 saturated heterocycles. The number of hydrogen-bond donors (Lipinski definition) is 0. The highest BCUT2D eigenvalue weighted by Gasteiger charge is 2.34. The minimum atomic E-state index is -0.212. The largest absolute Gasteiger partial charge is 0.372 e. The van der Waals surface area contributed by atoms with Crippen LogP contribution in [-0.4, -0.2) is 63.5 Å². The lowest BCUT2D eigenvalue weighted by Gasteiger charge is -2.36. The fourth-order valence-electron chi connectivity index (χ4n) is 3.08. The third-order valence-corrected chi connectivity index (χ3v) is 5.60. The number of amides is 2. The molecule has 24 heavy (non-hydrogen) atoms. The summed E-state index contributed by atoms with van der Waals surface area (Å²) >= 11 is 7.01. The standard InChI is InChI=1S/C17H20N2O3S2/c1-11-9-18(10-12(2)22-11)17(23)24-8-7-19-15(20)13-5-3-4-6-14(13)16(19)21/h3-6,11-12H,7-10H2,1-2H3. The van der Waals surface area contributed by atoms with Crippen LogP contribution in [0, 0.1) is 0 Å². The number of nitrogens with zero attached hydrogens (tertiary/aromatic N) is 2. The summed E-state index contributed by atoms with van der Waals surface area (Å²) in [4.78, 5) is 28.1. The molecule has 0 aromatic heterocycles. The molecule has 1 fully saturated rings. The van der Waals surface area contributed by atoms with Gasteiger partial charge >= 0.3 is 0 Å². The molecule has 0 aliphatic carbocycles. The van der Waals surface area contributed by atoms with Gasteiger partial charge in [0.05, 0.1) is 23.3 Å². The summed E-state index contributed by atoms with van der Waals surface area (Å²) < 4.78 is 6.51. The molecule has 0 bridgehead atoms. The summed E-state index contributed by atoms with van der Waals surface area (Å²) in [5.41, 5.74) is 0.983. The Morgan fingerprint density at radius 2 is 1.71 bits per heavy atom. The van der Waals surface area contributed by atoms with Crippen LogP contribution in [0.2, 0.25) is 0 Å². The number of thioether (sulfide) groups is 1. The van der Waals surface area contributed by atoms with Crippen molar-refractivity contribution in [3.63, 3.8) is 0 Å². The van der Waals surface area contributed by atoms with Crippen LogP contribution >= 0.6 is 24.0 Å². The molecule has 3 rings (SSSR count). The number of rotatable bonds is 3. The van der Waals surface area contributed by atoms with Gasteiger partial charge < -0.3 is 9.64 Å². The van der Waals surface area contributed by atoms with Gasteiger partial charge in [-0.05, 0) is 26.0 Å². The first-order valence-corrected chi connectivity index (χ1v) is 9.39. The monoisotopic (exact) mass is 364 g/mol. The van der Waals surface area contributed by atoms with Gasteiger partial charge in [-0.25, -0.2) is 0 Å². The predicted molar refractivity (Wildman–Crippen MR) is 98.4 cm³/mol. The molecule has 0 radical (unpaired) electrons. The molecule has 1 aromatic rings. The minimum absolute atomic E-state index is 0.156. The van der Waals surface area contributed by atoms with Crippen molar-refractivity contribution < 1.29 is 14.3 Å². The Kier molecular flexibility index (Phi) is 5.22. The smallest absolute Gasteiger partial charge is 0.261 e. The van der Waals surface area contributed by atoms with E-state index in [0.717, 1.165) is 17.4 Å². The third kappa shape index (κ3) is 3.48. The fourth-order valence-corrected chi connectivity index (χ4v) is 4.26. The zero-order valence-corrected chi connectivity index (χ0v) is 15.4. The normalized spacial score (nSPS) is 23.6. The van der Waals surface area contributed by atoms with Crippen molar-refractivity contribution in [2.24, 2.45) is 0 Å². The second-order valence-electron chi connectivity index (χ2n) is 6.08. The maximum atomic E-state index is 12.3. The third-order valence-electron chi connectivity index (χ3n) is 4.10. The van der Waals surface area contributed by atoms with Crippen molar-refractivity contribution in [1.82, 2.24) is 9.80 Å². The molecule has 0 N–H and O–H groups in total. The van der Waals surface area contributed by atoms with Gasteiger partial charge in [0.25, 0.3) is 11.8 Å². The minimum Gasteiger partial charge on any atom is -0.372 e. The quantitative estimate of drug-likeness (QED) is 0.606. The SMILES string of the molecule is CC1CN(C(=S)SCCN2C(=O)c3ccccc3C2=O)CC(C)O1. The maximum Gasteiger partial charge on any atom is 0.261 e. The van der Waals surface area contributed by atoms with Crippen LogP contribution in [0.25, 0.3) is 0 Å². The molecule has 5 nitrogen and oxygen atoms in total. The number of benzene rings is 1. The summed E-state index contributed by atoms with van der Waals surface area (Å²) in [6.07, 6.45) is 0.312. The Morgan fingerprint density at radius 3 is 2.25 bits per heavy atom. The first-order valence-electron chi connectivity index (χ1n) is 7.99. The fraction of sp³-hybridized carbons (Fsp3) is 0.471. The number of carbonyl (C=O) groups excluding carboxylic acids is 2. The first kappa shape index (κ1) is 17.4. The Bertz CT molecular complexity index is 635. The van der Waals surface area contributed by atoms with Crippen LogP contribution in [0.5, 0.6) is 0 Å². The van der Waals surface area contributed by atoms with Crippen molar-refractivity contribution in [2.75, 3.05) is 25.4 Å². The highest BCUT2D eigenvalue weighted by Crippen LogP contribution is 2.23. The molecule has 2 atom stereocenters. The summed E-state index contributed by atoms with van der Waals surface area (Å²) in [7, 11) is 0. The lowest BCUT2D eigenvalue weighted by Crippen LogP contribution is -2.47. The second kappa shape index (κ2) is 7.21. The van der Waals surface area contributed by atoms with Gasteiger partial charge in [0.2, 0.25) is 0 Å². The van der Waals surface area contributed by atoms with Crippen molar-refractivity contribution in [2.45, 2.75) is 26.1 Å². The molecule has 0 spiro atoms. The number of ether oxygens (including phenoxy) is 1. The highest BCUT2D eigenvalue weighted by atomic mass is 32.2. The van der Waals surface area contributed by atoms with Crippen molar-refractivity contribution in [1.29, 1.82) is 0 Å².